The van der Waals surface area contributed by atoms with Crippen molar-refractivity contribution in [3.63, 3.8) is 0 Å². The van der Waals surface area contributed by atoms with Gasteiger partial charge in [-0.3, -0.25) is 14.6 Å². The van der Waals surface area contributed by atoms with Crippen molar-refractivity contribution < 1.29 is 14.0 Å². The van der Waals surface area contributed by atoms with E-state index in [1.807, 2.05) is 0 Å². The molecule has 1 fully saturated rings. The minimum atomic E-state index is -0.292. The number of nitrogens with one attached hydrogen (secondary N) is 2. The van der Waals surface area contributed by atoms with Gasteiger partial charge in [0.2, 0.25) is 0 Å². The second-order valence-corrected chi connectivity index (χ2v) is 4.97. The lowest BCUT2D eigenvalue weighted by Crippen LogP contribution is -2.27. The zero-order chi connectivity index (χ0) is 14.7. The molecule has 2 heterocycles. The Balaban J connectivity index is 1.63. The molecule has 0 aliphatic heterocycles. The first-order valence-electron chi connectivity index (χ1n) is 6.79. The van der Waals surface area contributed by atoms with Gasteiger partial charge in [-0.05, 0) is 31.0 Å². The zero-order valence-electron chi connectivity index (χ0n) is 11.3. The van der Waals surface area contributed by atoms with Gasteiger partial charge in [0.1, 0.15) is 5.76 Å². The van der Waals surface area contributed by atoms with E-state index in [9.17, 15) is 9.59 Å². The summed E-state index contributed by atoms with van der Waals surface area (Å²) >= 11 is 0. The molecule has 21 heavy (non-hydrogen) atoms. The molecule has 0 saturated heterocycles. The third kappa shape index (κ3) is 3.47. The van der Waals surface area contributed by atoms with E-state index in [4.69, 9.17) is 4.42 Å². The Morgan fingerprint density at radius 3 is 2.67 bits per heavy atom. The van der Waals surface area contributed by atoms with E-state index in [-0.39, 0.29) is 17.9 Å². The molecular formula is C15H15N3O3. The van der Waals surface area contributed by atoms with Gasteiger partial charge in [-0.15, -0.1) is 0 Å². The minimum Gasteiger partial charge on any atom is -0.467 e. The second kappa shape index (κ2) is 5.78. The summed E-state index contributed by atoms with van der Waals surface area (Å²) in [5.41, 5.74) is 0.748. The Morgan fingerprint density at radius 2 is 2.00 bits per heavy atom. The largest absolute Gasteiger partial charge is 0.467 e. The van der Waals surface area contributed by atoms with E-state index >= 15 is 0 Å². The van der Waals surface area contributed by atoms with E-state index < -0.39 is 0 Å². The van der Waals surface area contributed by atoms with Crippen molar-refractivity contribution in [3.8, 4) is 0 Å². The van der Waals surface area contributed by atoms with E-state index in [0.717, 1.165) is 12.8 Å². The molecule has 0 aromatic carbocycles. The minimum absolute atomic E-state index is 0.189. The molecule has 6 nitrogen and oxygen atoms in total. The molecule has 0 spiro atoms. The van der Waals surface area contributed by atoms with Gasteiger partial charge in [-0.25, -0.2) is 0 Å². The number of hydrogen-bond donors (Lipinski definition) is 2. The predicted molar refractivity (Wildman–Crippen MR) is 74.6 cm³/mol. The summed E-state index contributed by atoms with van der Waals surface area (Å²) in [6.07, 6.45) is 6.48. The van der Waals surface area contributed by atoms with Gasteiger partial charge < -0.3 is 15.1 Å². The van der Waals surface area contributed by atoms with Crippen LogP contribution in [-0.4, -0.2) is 22.8 Å². The smallest absolute Gasteiger partial charge is 0.253 e. The van der Waals surface area contributed by atoms with Crippen molar-refractivity contribution in [2.24, 2.45) is 0 Å². The molecule has 0 atom stereocenters. The Labute approximate surface area is 121 Å². The summed E-state index contributed by atoms with van der Waals surface area (Å²) in [5.74, 6) is 0.185. The molecule has 2 amide bonds. The first-order chi connectivity index (χ1) is 10.2. The van der Waals surface area contributed by atoms with Crippen LogP contribution in [0.1, 0.15) is 39.3 Å². The maximum absolute atomic E-state index is 12.0. The summed E-state index contributed by atoms with van der Waals surface area (Å²) in [5, 5.41) is 5.58. The van der Waals surface area contributed by atoms with Crippen LogP contribution in [0, 0.1) is 0 Å². The van der Waals surface area contributed by atoms with Crippen LogP contribution in [0.4, 0.5) is 0 Å². The second-order valence-electron chi connectivity index (χ2n) is 4.97. The number of furan rings is 1. The predicted octanol–water partition coefficient (Wildman–Crippen LogP) is 1.50. The fourth-order valence-corrected chi connectivity index (χ4v) is 1.87. The summed E-state index contributed by atoms with van der Waals surface area (Å²) in [7, 11) is 0. The molecule has 1 aliphatic carbocycles. The number of aromatic nitrogens is 1. The maximum atomic E-state index is 12.0. The highest BCUT2D eigenvalue weighted by molar-refractivity contribution is 5.99. The average molecular weight is 285 g/mol. The highest BCUT2D eigenvalue weighted by Gasteiger charge is 2.24. The van der Waals surface area contributed by atoms with E-state index in [1.54, 1.807) is 24.5 Å². The van der Waals surface area contributed by atoms with Crippen molar-refractivity contribution in [3.05, 3.63) is 53.7 Å². The highest BCUT2D eigenvalue weighted by atomic mass is 16.3. The monoisotopic (exact) mass is 285 g/mol. The summed E-state index contributed by atoms with van der Waals surface area (Å²) in [6.45, 7) is 0.296. The number of carbonyl (C=O) groups is 2. The fourth-order valence-electron chi connectivity index (χ4n) is 1.87. The molecule has 6 heteroatoms. The maximum Gasteiger partial charge on any atom is 0.253 e. The molecule has 0 radical (unpaired) electrons. The third-order valence-electron chi connectivity index (χ3n) is 3.18. The summed E-state index contributed by atoms with van der Waals surface area (Å²) in [4.78, 5) is 27.9. The van der Waals surface area contributed by atoms with Crippen LogP contribution < -0.4 is 10.6 Å². The van der Waals surface area contributed by atoms with Crippen LogP contribution in [0.2, 0.25) is 0 Å². The lowest BCUT2D eigenvalue weighted by Gasteiger charge is -2.06. The number of nitrogens with zero attached hydrogens (tertiary/aromatic N) is 1. The van der Waals surface area contributed by atoms with Crippen LogP contribution in [0.15, 0.2) is 41.3 Å². The SMILES string of the molecule is O=C(NCc1ccco1)c1cncc(C(=O)NC2CC2)c1. The molecular weight excluding hydrogens is 270 g/mol. The Hall–Kier alpha value is -2.63. The Bertz CT molecular complexity index is 648. The van der Waals surface area contributed by atoms with Crippen molar-refractivity contribution >= 4 is 11.8 Å². The van der Waals surface area contributed by atoms with Crippen molar-refractivity contribution in [1.29, 1.82) is 0 Å². The Morgan fingerprint density at radius 1 is 1.24 bits per heavy atom. The quantitative estimate of drug-likeness (QED) is 0.872. The topological polar surface area (TPSA) is 84.2 Å². The third-order valence-corrected chi connectivity index (χ3v) is 3.18. The molecule has 2 N–H and O–H groups in total. The summed E-state index contributed by atoms with van der Waals surface area (Å²) < 4.78 is 5.14. The van der Waals surface area contributed by atoms with Crippen LogP contribution >= 0.6 is 0 Å². The normalized spacial score (nSPS) is 13.7. The molecule has 1 saturated carbocycles. The zero-order valence-corrected chi connectivity index (χ0v) is 11.3. The van der Waals surface area contributed by atoms with E-state index in [1.165, 1.54) is 12.4 Å². The van der Waals surface area contributed by atoms with Gasteiger partial charge in [-0.1, -0.05) is 0 Å². The molecule has 0 unspecified atom stereocenters. The van der Waals surface area contributed by atoms with Gasteiger partial charge >= 0.3 is 0 Å². The number of carbonyl (C=O) groups excluding carboxylic acids is 2. The first-order valence-corrected chi connectivity index (χ1v) is 6.79. The van der Waals surface area contributed by atoms with Crippen molar-refractivity contribution in [2.45, 2.75) is 25.4 Å². The number of pyridine rings is 1. The first kappa shape index (κ1) is 13.4. The average Bonchev–Trinajstić information content (AvgIpc) is 3.16. The van der Waals surface area contributed by atoms with Gasteiger partial charge in [0.25, 0.3) is 11.8 Å². The molecule has 2 aromatic heterocycles. The van der Waals surface area contributed by atoms with Crippen molar-refractivity contribution in [1.82, 2.24) is 15.6 Å². The molecule has 108 valence electrons. The molecule has 2 aromatic rings. The van der Waals surface area contributed by atoms with Crippen LogP contribution in [0.5, 0.6) is 0 Å². The molecule has 3 rings (SSSR count). The number of amides is 2. The molecule has 1 aliphatic rings. The molecule has 0 bridgehead atoms. The van der Waals surface area contributed by atoms with Gasteiger partial charge in [0.15, 0.2) is 0 Å². The lowest BCUT2D eigenvalue weighted by atomic mass is 10.2. The number of hydrogen-bond acceptors (Lipinski definition) is 4. The van der Waals surface area contributed by atoms with Crippen LogP contribution in [-0.2, 0) is 6.54 Å². The van der Waals surface area contributed by atoms with Crippen molar-refractivity contribution in [2.75, 3.05) is 0 Å². The summed E-state index contributed by atoms with van der Waals surface area (Å²) in [6, 6.07) is 5.35. The van der Waals surface area contributed by atoms with Gasteiger partial charge in [0.05, 0.1) is 23.9 Å². The van der Waals surface area contributed by atoms with E-state index in [2.05, 4.69) is 15.6 Å². The fraction of sp³-hybridized carbons (Fsp3) is 0.267. The number of rotatable bonds is 5. The van der Waals surface area contributed by atoms with Gasteiger partial charge in [0, 0.05) is 18.4 Å². The highest BCUT2D eigenvalue weighted by Crippen LogP contribution is 2.19. The lowest BCUT2D eigenvalue weighted by molar-refractivity contribution is 0.0947. The van der Waals surface area contributed by atoms with Gasteiger partial charge in [-0.2, -0.15) is 0 Å². The van der Waals surface area contributed by atoms with Crippen LogP contribution in [0.3, 0.4) is 0 Å². The van der Waals surface area contributed by atoms with E-state index in [0.29, 0.717) is 23.4 Å². The Kier molecular flexibility index (Phi) is 3.68. The van der Waals surface area contributed by atoms with Crippen LogP contribution in [0.25, 0.3) is 0 Å². The standard InChI is InChI=1S/C15H15N3O3/c19-14(17-9-13-2-1-5-21-13)10-6-11(8-16-7-10)15(20)18-12-3-4-12/h1-2,5-8,12H,3-4,9H2,(H,17,19)(H,18,20).